The maximum atomic E-state index is 12.8. The van der Waals surface area contributed by atoms with Gasteiger partial charge in [-0.05, 0) is 24.6 Å². The van der Waals surface area contributed by atoms with E-state index in [1.807, 2.05) is 6.92 Å². The van der Waals surface area contributed by atoms with Crippen LogP contribution in [0.1, 0.15) is 19.8 Å². The molecule has 8 heteroatoms. The van der Waals surface area contributed by atoms with Crippen molar-refractivity contribution >= 4 is 27.0 Å². The lowest BCUT2D eigenvalue weighted by Gasteiger charge is -2.21. The third kappa shape index (κ3) is 3.09. The third-order valence-corrected chi connectivity index (χ3v) is 6.03. The zero-order valence-electron chi connectivity index (χ0n) is 13.0. The second-order valence-corrected chi connectivity index (χ2v) is 7.51. The second kappa shape index (κ2) is 6.29. The van der Waals surface area contributed by atoms with Gasteiger partial charge in [-0.15, -0.1) is 0 Å². The Labute approximate surface area is 135 Å². The maximum absolute atomic E-state index is 12.8. The van der Waals surface area contributed by atoms with Crippen LogP contribution in [0.4, 0.5) is 0 Å². The number of imidazole rings is 1. The van der Waals surface area contributed by atoms with Gasteiger partial charge in [-0.25, -0.2) is 13.4 Å². The van der Waals surface area contributed by atoms with E-state index in [2.05, 4.69) is 9.97 Å². The highest BCUT2D eigenvalue weighted by atomic mass is 32.2. The molecule has 124 valence electrons. The van der Waals surface area contributed by atoms with E-state index in [0.717, 1.165) is 5.52 Å². The summed E-state index contributed by atoms with van der Waals surface area (Å²) >= 11 is 0. The van der Waals surface area contributed by atoms with E-state index in [1.54, 1.807) is 29.4 Å². The normalized spacial score (nSPS) is 17.3. The fourth-order valence-corrected chi connectivity index (χ4v) is 4.33. The first-order valence-corrected chi connectivity index (χ1v) is 9.17. The lowest BCUT2D eigenvalue weighted by molar-refractivity contribution is -0.130. The minimum atomic E-state index is -3.56. The van der Waals surface area contributed by atoms with Gasteiger partial charge in [-0.1, -0.05) is 6.92 Å². The minimum Gasteiger partial charge on any atom is -0.345 e. The number of H-pyrrole nitrogens is 1. The van der Waals surface area contributed by atoms with Gasteiger partial charge in [0.2, 0.25) is 15.9 Å². The zero-order chi connectivity index (χ0) is 16.4. The molecule has 2 aromatic rings. The number of sulfonamides is 1. The summed E-state index contributed by atoms with van der Waals surface area (Å²) in [6.07, 6.45) is 2.64. The smallest absolute Gasteiger partial charge is 0.243 e. The zero-order valence-corrected chi connectivity index (χ0v) is 13.8. The van der Waals surface area contributed by atoms with Gasteiger partial charge in [-0.2, -0.15) is 4.31 Å². The molecule has 3 rings (SSSR count). The molecule has 7 nitrogen and oxygen atoms in total. The lowest BCUT2D eigenvalue weighted by atomic mass is 10.3. The minimum absolute atomic E-state index is 0.0723. The maximum Gasteiger partial charge on any atom is 0.243 e. The monoisotopic (exact) mass is 336 g/mol. The molecule has 1 fully saturated rings. The Balaban J connectivity index is 1.83. The average Bonchev–Trinajstić information content (AvgIpc) is 2.87. The molecule has 0 unspecified atom stereocenters. The predicted octanol–water partition coefficient (Wildman–Crippen LogP) is 1.20. The van der Waals surface area contributed by atoms with Crippen LogP contribution in [0.15, 0.2) is 29.4 Å². The predicted molar refractivity (Wildman–Crippen MR) is 86.3 cm³/mol. The van der Waals surface area contributed by atoms with Crippen LogP contribution in [0.3, 0.4) is 0 Å². The number of nitrogens with zero attached hydrogens (tertiary/aromatic N) is 3. The van der Waals surface area contributed by atoms with E-state index in [1.165, 1.54) is 4.31 Å². The number of amides is 1. The molecule has 0 radical (unpaired) electrons. The van der Waals surface area contributed by atoms with Gasteiger partial charge in [0.05, 0.1) is 22.3 Å². The molecule has 0 spiro atoms. The molecule has 1 aliphatic heterocycles. The molecule has 0 bridgehead atoms. The highest BCUT2D eigenvalue weighted by Gasteiger charge is 2.28. The summed E-state index contributed by atoms with van der Waals surface area (Å²) < 4.78 is 27.1. The van der Waals surface area contributed by atoms with E-state index >= 15 is 0 Å². The SMILES string of the molecule is CCC(=O)N1CCCN(S(=O)(=O)c2ccc3nc[nH]c3c2)CC1. The van der Waals surface area contributed by atoms with Gasteiger partial charge < -0.3 is 9.88 Å². The first-order chi connectivity index (χ1) is 11.0. The third-order valence-electron chi connectivity index (χ3n) is 4.14. The summed E-state index contributed by atoms with van der Waals surface area (Å²) in [5.41, 5.74) is 1.43. The molecule has 1 aliphatic rings. The number of fused-ring (bicyclic) bond motifs is 1. The number of rotatable bonds is 3. The summed E-state index contributed by atoms with van der Waals surface area (Å²) in [6.45, 7) is 3.63. The molecule has 0 aliphatic carbocycles. The van der Waals surface area contributed by atoms with Gasteiger partial charge in [0.1, 0.15) is 0 Å². The highest BCUT2D eigenvalue weighted by Crippen LogP contribution is 2.21. The number of nitrogens with one attached hydrogen (secondary N) is 1. The molecular weight excluding hydrogens is 316 g/mol. The number of aromatic nitrogens is 2. The van der Waals surface area contributed by atoms with Crippen molar-refractivity contribution in [2.45, 2.75) is 24.7 Å². The Morgan fingerprint density at radius 2 is 2.09 bits per heavy atom. The van der Waals surface area contributed by atoms with Crippen molar-refractivity contribution in [1.29, 1.82) is 0 Å². The quantitative estimate of drug-likeness (QED) is 0.912. The van der Waals surface area contributed by atoms with E-state index in [0.29, 0.717) is 44.5 Å². The fourth-order valence-electron chi connectivity index (χ4n) is 2.83. The van der Waals surface area contributed by atoms with Crippen LogP contribution < -0.4 is 0 Å². The summed E-state index contributed by atoms with van der Waals surface area (Å²) in [5.74, 6) is 0.0723. The van der Waals surface area contributed by atoms with Crippen LogP contribution in [0, 0.1) is 0 Å². The fraction of sp³-hybridized carbons (Fsp3) is 0.467. The molecule has 1 saturated heterocycles. The Hall–Kier alpha value is -1.93. The molecule has 2 heterocycles. The van der Waals surface area contributed by atoms with Crippen LogP contribution in [-0.2, 0) is 14.8 Å². The van der Waals surface area contributed by atoms with Crippen molar-refractivity contribution in [3.05, 3.63) is 24.5 Å². The second-order valence-electron chi connectivity index (χ2n) is 5.57. The number of carbonyl (C=O) groups is 1. The average molecular weight is 336 g/mol. The number of benzene rings is 1. The summed E-state index contributed by atoms with van der Waals surface area (Å²) in [7, 11) is -3.56. The Morgan fingerprint density at radius 1 is 1.26 bits per heavy atom. The molecule has 1 N–H and O–H groups in total. The summed E-state index contributed by atoms with van der Waals surface area (Å²) in [4.78, 5) is 20.8. The van der Waals surface area contributed by atoms with Crippen molar-refractivity contribution < 1.29 is 13.2 Å². The Morgan fingerprint density at radius 3 is 2.87 bits per heavy atom. The topological polar surface area (TPSA) is 86.4 Å². The standard InChI is InChI=1S/C15H20N4O3S/c1-2-15(20)18-6-3-7-19(9-8-18)23(21,22)12-4-5-13-14(10-12)17-11-16-13/h4-5,10-11H,2-3,6-9H2,1H3,(H,16,17). The molecule has 1 aromatic heterocycles. The highest BCUT2D eigenvalue weighted by molar-refractivity contribution is 7.89. The Kier molecular flexibility index (Phi) is 4.36. The van der Waals surface area contributed by atoms with E-state index in [4.69, 9.17) is 0 Å². The molecule has 0 saturated carbocycles. The first-order valence-electron chi connectivity index (χ1n) is 7.73. The molecule has 1 aromatic carbocycles. The number of carbonyl (C=O) groups excluding carboxylic acids is 1. The lowest BCUT2D eigenvalue weighted by Crippen LogP contribution is -2.37. The van der Waals surface area contributed by atoms with Crippen LogP contribution in [0.25, 0.3) is 11.0 Å². The van der Waals surface area contributed by atoms with Crippen molar-refractivity contribution in [1.82, 2.24) is 19.2 Å². The van der Waals surface area contributed by atoms with Crippen molar-refractivity contribution in [3.63, 3.8) is 0 Å². The summed E-state index contributed by atoms with van der Waals surface area (Å²) in [6, 6.07) is 4.89. The van der Waals surface area contributed by atoms with Crippen molar-refractivity contribution in [2.75, 3.05) is 26.2 Å². The van der Waals surface area contributed by atoms with E-state index < -0.39 is 10.0 Å². The van der Waals surface area contributed by atoms with Crippen LogP contribution in [-0.4, -0.2) is 59.7 Å². The number of hydrogen-bond donors (Lipinski definition) is 1. The number of hydrogen-bond acceptors (Lipinski definition) is 4. The van der Waals surface area contributed by atoms with E-state index in [9.17, 15) is 13.2 Å². The van der Waals surface area contributed by atoms with E-state index in [-0.39, 0.29) is 10.8 Å². The van der Waals surface area contributed by atoms with Crippen LogP contribution >= 0.6 is 0 Å². The van der Waals surface area contributed by atoms with Gasteiger partial charge in [0, 0.05) is 32.6 Å². The summed E-state index contributed by atoms with van der Waals surface area (Å²) in [5, 5.41) is 0. The van der Waals surface area contributed by atoms with Gasteiger partial charge in [-0.3, -0.25) is 4.79 Å². The largest absolute Gasteiger partial charge is 0.345 e. The van der Waals surface area contributed by atoms with Gasteiger partial charge >= 0.3 is 0 Å². The van der Waals surface area contributed by atoms with Gasteiger partial charge in [0.15, 0.2) is 0 Å². The molecule has 23 heavy (non-hydrogen) atoms. The Bertz CT molecular complexity index is 815. The number of aromatic amines is 1. The van der Waals surface area contributed by atoms with Crippen LogP contribution in [0.2, 0.25) is 0 Å². The van der Waals surface area contributed by atoms with Crippen molar-refractivity contribution in [2.24, 2.45) is 0 Å². The molecule has 0 atom stereocenters. The molecule has 1 amide bonds. The first kappa shape index (κ1) is 15.9. The molecular formula is C15H20N4O3S. The van der Waals surface area contributed by atoms with Crippen molar-refractivity contribution in [3.8, 4) is 0 Å². The van der Waals surface area contributed by atoms with Gasteiger partial charge in [0.25, 0.3) is 0 Å². The van der Waals surface area contributed by atoms with Crippen LogP contribution in [0.5, 0.6) is 0 Å².